The zero-order valence-electron chi connectivity index (χ0n) is 11.9. The largest absolute Gasteiger partial charge is 0.382 e. The van der Waals surface area contributed by atoms with Gasteiger partial charge in [-0.25, -0.2) is 0 Å². The van der Waals surface area contributed by atoms with E-state index in [1.54, 1.807) is 18.2 Å². The highest BCUT2D eigenvalue weighted by Crippen LogP contribution is 2.23. The highest BCUT2D eigenvalue weighted by atomic mass is 35.5. The van der Waals surface area contributed by atoms with Gasteiger partial charge in [0, 0.05) is 30.2 Å². The molecule has 1 aliphatic rings. The molecule has 0 saturated carbocycles. The van der Waals surface area contributed by atoms with E-state index in [1.807, 2.05) is 0 Å². The van der Waals surface area contributed by atoms with E-state index in [0.717, 1.165) is 38.5 Å². The molecule has 1 fully saturated rings. The molecule has 1 aromatic carbocycles. The third-order valence-electron chi connectivity index (χ3n) is 3.68. The van der Waals surface area contributed by atoms with Crippen molar-refractivity contribution in [3.05, 3.63) is 28.8 Å². The van der Waals surface area contributed by atoms with Crippen LogP contribution in [0, 0.1) is 11.3 Å². The number of hydrogen-bond donors (Lipinski definition) is 1. The van der Waals surface area contributed by atoms with Crippen molar-refractivity contribution in [3.63, 3.8) is 0 Å². The maximum Gasteiger partial charge on any atom is 0.101 e. The zero-order chi connectivity index (χ0) is 14.6. The second-order valence-electron chi connectivity index (χ2n) is 5.57. The van der Waals surface area contributed by atoms with Crippen molar-refractivity contribution in [1.82, 2.24) is 4.90 Å². The second kappa shape index (κ2) is 6.45. The molecule has 4 nitrogen and oxygen atoms in total. The normalized spacial score (nSPS) is 16.7. The number of rotatable bonds is 4. The summed E-state index contributed by atoms with van der Waals surface area (Å²) in [5.41, 5.74) is 1.41. The Labute approximate surface area is 125 Å². The number of nitriles is 1. The molecule has 108 valence electrons. The summed E-state index contributed by atoms with van der Waals surface area (Å²) in [7, 11) is 0. The Morgan fingerprint density at radius 2 is 2.10 bits per heavy atom. The highest BCUT2D eigenvalue weighted by Gasteiger charge is 2.28. The molecular weight excluding hydrogens is 274 g/mol. The molecule has 0 aromatic heterocycles. The topological polar surface area (TPSA) is 48.3 Å². The molecule has 5 heteroatoms. The van der Waals surface area contributed by atoms with Crippen molar-refractivity contribution in [2.45, 2.75) is 19.4 Å². The number of morpholine rings is 1. The van der Waals surface area contributed by atoms with E-state index in [9.17, 15) is 0 Å². The molecule has 0 amide bonds. The van der Waals surface area contributed by atoms with Crippen LogP contribution in [0.4, 0.5) is 5.69 Å². The summed E-state index contributed by atoms with van der Waals surface area (Å²) in [6.45, 7) is 8.59. The summed E-state index contributed by atoms with van der Waals surface area (Å²) in [5, 5.41) is 13.1. The van der Waals surface area contributed by atoms with E-state index in [-0.39, 0.29) is 5.54 Å². The summed E-state index contributed by atoms with van der Waals surface area (Å²) in [6, 6.07) is 7.46. The number of hydrogen-bond acceptors (Lipinski definition) is 4. The van der Waals surface area contributed by atoms with Gasteiger partial charge in [0.25, 0.3) is 0 Å². The molecule has 1 aliphatic heterocycles. The standard InChI is InChI=1S/C15H20ClN3O/c1-15(2,19-5-7-20-8-6-19)11-18-14-9-13(16)4-3-12(14)10-17/h3-4,9,18H,5-8,11H2,1-2H3. The SMILES string of the molecule is CC(C)(CNc1cc(Cl)ccc1C#N)N1CCOCC1. The Morgan fingerprint density at radius 1 is 1.40 bits per heavy atom. The third-order valence-corrected chi connectivity index (χ3v) is 3.92. The molecule has 20 heavy (non-hydrogen) atoms. The van der Waals surface area contributed by atoms with Crippen LogP contribution in [0.5, 0.6) is 0 Å². The van der Waals surface area contributed by atoms with Gasteiger partial charge in [0.1, 0.15) is 6.07 Å². The maximum atomic E-state index is 9.13. The number of ether oxygens (including phenoxy) is 1. The van der Waals surface area contributed by atoms with Crippen LogP contribution < -0.4 is 5.32 Å². The summed E-state index contributed by atoms with van der Waals surface area (Å²) < 4.78 is 5.39. The van der Waals surface area contributed by atoms with Crippen molar-refractivity contribution in [1.29, 1.82) is 5.26 Å². The minimum atomic E-state index is -0.00117. The molecule has 0 aliphatic carbocycles. The molecule has 1 aromatic rings. The third kappa shape index (κ3) is 3.63. The lowest BCUT2D eigenvalue weighted by molar-refractivity contribution is -0.00568. The van der Waals surface area contributed by atoms with Crippen molar-refractivity contribution in [3.8, 4) is 6.07 Å². The Bertz CT molecular complexity index is 504. The fourth-order valence-electron chi connectivity index (χ4n) is 2.35. The predicted octanol–water partition coefficient (Wildman–Crippen LogP) is 2.73. The van der Waals surface area contributed by atoms with Gasteiger partial charge in [-0.05, 0) is 32.0 Å². The first-order valence-corrected chi connectivity index (χ1v) is 7.17. The van der Waals surface area contributed by atoms with Crippen LogP contribution in [-0.4, -0.2) is 43.3 Å². The van der Waals surface area contributed by atoms with Crippen molar-refractivity contribution in [2.24, 2.45) is 0 Å². The van der Waals surface area contributed by atoms with Crippen LogP contribution >= 0.6 is 11.6 Å². The van der Waals surface area contributed by atoms with Gasteiger partial charge in [-0.3, -0.25) is 4.90 Å². The predicted molar refractivity (Wildman–Crippen MR) is 81.1 cm³/mol. The summed E-state index contributed by atoms with van der Waals surface area (Å²) >= 11 is 6.00. The van der Waals surface area contributed by atoms with Gasteiger partial charge < -0.3 is 10.1 Å². The summed E-state index contributed by atoms with van der Waals surface area (Å²) in [6.07, 6.45) is 0. The Balaban J connectivity index is 2.04. The Kier molecular flexibility index (Phi) is 4.87. The van der Waals surface area contributed by atoms with E-state index >= 15 is 0 Å². The van der Waals surface area contributed by atoms with E-state index in [0.29, 0.717) is 10.6 Å². The molecule has 2 rings (SSSR count). The highest BCUT2D eigenvalue weighted by molar-refractivity contribution is 6.30. The average Bonchev–Trinajstić information content (AvgIpc) is 2.46. The lowest BCUT2D eigenvalue weighted by atomic mass is 10.0. The molecule has 1 N–H and O–H groups in total. The van der Waals surface area contributed by atoms with Crippen LogP contribution in [0.2, 0.25) is 5.02 Å². The van der Waals surface area contributed by atoms with Gasteiger partial charge in [-0.2, -0.15) is 5.26 Å². The van der Waals surface area contributed by atoms with Gasteiger partial charge >= 0.3 is 0 Å². The van der Waals surface area contributed by atoms with Crippen LogP contribution in [0.3, 0.4) is 0 Å². The van der Waals surface area contributed by atoms with E-state index in [2.05, 4.69) is 30.1 Å². The van der Waals surface area contributed by atoms with Crippen molar-refractivity contribution < 1.29 is 4.74 Å². The Morgan fingerprint density at radius 3 is 2.75 bits per heavy atom. The molecule has 1 saturated heterocycles. The number of nitrogens with one attached hydrogen (secondary N) is 1. The smallest absolute Gasteiger partial charge is 0.101 e. The van der Waals surface area contributed by atoms with Crippen molar-refractivity contribution >= 4 is 17.3 Å². The first kappa shape index (κ1) is 15.1. The first-order chi connectivity index (χ1) is 9.53. The van der Waals surface area contributed by atoms with E-state index in [4.69, 9.17) is 21.6 Å². The number of anilines is 1. The number of benzene rings is 1. The van der Waals surface area contributed by atoms with Gasteiger partial charge in [0.2, 0.25) is 0 Å². The summed E-state index contributed by atoms with van der Waals surface area (Å²) in [4.78, 5) is 2.40. The lowest BCUT2D eigenvalue weighted by Gasteiger charge is -2.41. The minimum Gasteiger partial charge on any atom is -0.382 e. The molecule has 0 atom stereocenters. The maximum absolute atomic E-state index is 9.13. The summed E-state index contributed by atoms with van der Waals surface area (Å²) in [5.74, 6) is 0. The quantitative estimate of drug-likeness (QED) is 0.927. The minimum absolute atomic E-state index is 0.00117. The molecule has 0 radical (unpaired) electrons. The molecule has 0 spiro atoms. The van der Waals surface area contributed by atoms with E-state index < -0.39 is 0 Å². The van der Waals surface area contributed by atoms with Crippen LogP contribution in [0.25, 0.3) is 0 Å². The fourth-order valence-corrected chi connectivity index (χ4v) is 2.52. The molecule has 0 bridgehead atoms. The van der Waals surface area contributed by atoms with Gasteiger partial charge in [-0.15, -0.1) is 0 Å². The van der Waals surface area contributed by atoms with Gasteiger partial charge in [0.15, 0.2) is 0 Å². The number of nitrogens with zero attached hydrogens (tertiary/aromatic N) is 2. The fraction of sp³-hybridized carbons (Fsp3) is 0.533. The van der Waals surface area contributed by atoms with Crippen molar-refractivity contribution in [2.75, 3.05) is 38.2 Å². The molecular formula is C15H20ClN3O. The average molecular weight is 294 g/mol. The van der Waals surface area contributed by atoms with Gasteiger partial charge in [0.05, 0.1) is 24.5 Å². The van der Waals surface area contributed by atoms with Crippen LogP contribution in [0.15, 0.2) is 18.2 Å². The molecule has 1 heterocycles. The monoisotopic (exact) mass is 293 g/mol. The zero-order valence-corrected chi connectivity index (χ0v) is 12.7. The van der Waals surface area contributed by atoms with Gasteiger partial charge in [-0.1, -0.05) is 11.6 Å². The Hall–Kier alpha value is -1.28. The van der Waals surface area contributed by atoms with E-state index in [1.165, 1.54) is 0 Å². The lowest BCUT2D eigenvalue weighted by Crippen LogP contribution is -2.53. The van der Waals surface area contributed by atoms with Crippen LogP contribution in [-0.2, 0) is 4.74 Å². The number of halogens is 1. The first-order valence-electron chi connectivity index (χ1n) is 6.79. The molecule has 0 unspecified atom stereocenters. The second-order valence-corrected chi connectivity index (χ2v) is 6.00. The van der Waals surface area contributed by atoms with Crippen LogP contribution in [0.1, 0.15) is 19.4 Å².